The first-order valence-electron chi connectivity index (χ1n) is 2.51. The summed E-state index contributed by atoms with van der Waals surface area (Å²) in [4.78, 5) is 0. The number of nitrogens with one attached hydrogen (secondary N) is 1. The van der Waals surface area contributed by atoms with Gasteiger partial charge in [-0.2, -0.15) is 5.10 Å². The SMILES string of the molecule is C=Cc1n[nH]ccc1=S. The van der Waals surface area contributed by atoms with Crippen LogP contribution in [-0.4, -0.2) is 10.2 Å². The number of nitrogens with zero attached hydrogens (tertiary/aromatic N) is 1. The molecule has 0 aliphatic heterocycles. The molecule has 1 N–H and O–H groups in total. The van der Waals surface area contributed by atoms with Crippen LogP contribution in [0.25, 0.3) is 6.08 Å². The van der Waals surface area contributed by atoms with Crippen LogP contribution in [0.4, 0.5) is 0 Å². The van der Waals surface area contributed by atoms with E-state index in [1.165, 1.54) is 0 Å². The Morgan fingerprint density at radius 2 is 2.56 bits per heavy atom. The zero-order valence-electron chi connectivity index (χ0n) is 4.79. The molecule has 1 rings (SSSR count). The Kier molecular flexibility index (Phi) is 1.75. The van der Waals surface area contributed by atoms with Crippen molar-refractivity contribution in [3.05, 3.63) is 29.0 Å². The zero-order chi connectivity index (χ0) is 6.69. The van der Waals surface area contributed by atoms with Crippen molar-refractivity contribution in [3.8, 4) is 0 Å². The number of hydrogen-bond acceptors (Lipinski definition) is 2. The fraction of sp³-hybridized carbons (Fsp3) is 0. The van der Waals surface area contributed by atoms with Crippen LogP contribution in [0.5, 0.6) is 0 Å². The van der Waals surface area contributed by atoms with Gasteiger partial charge in [-0.1, -0.05) is 18.8 Å². The van der Waals surface area contributed by atoms with Crippen LogP contribution in [0, 0.1) is 4.51 Å². The lowest BCUT2D eigenvalue weighted by molar-refractivity contribution is 1.01. The van der Waals surface area contributed by atoms with E-state index in [1.807, 2.05) is 0 Å². The second kappa shape index (κ2) is 2.55. The fourth-order valence-corrected chi connectivity index (χ4v) is 0.703. The smallest absolute Gasteiger partial charge is 0.101 e. The highest BCUT2D eigenvalue weighted by Crippen LogP contribution is 1.95. The van der Waals surface area contributed by atoms with E-state index in [-0.39, 0.29) is 0 Å². The van der Waals surface area contributed by atoms with Crippen molar-refractivity contribution in [1.82, 2.24) is 10.2 Å². The molecule has 0 spiro atoms. The van der Waals surface area contributed by atoms with Gasteiger partial charge in [0.1, 0.15) is 5.69 Å². The average Bonchev–Trinajstić information content (AvgIpc) is 1.89. The normalized spacial score (nSPS) is 8.89. The summed E-state index contributed by atoms with van der Waals surface area (Å²) in [7, 11) is 0. The zero-order valence-corrected chi connectivity index (χ0v) is 5.61. The molecule has 3 heteroatoms. The summed E-state index contributed by atoms with van der Waals surface area (Å²) in [6, 6.07) is 1.78. The van der Waals surface area contributed by atoms with Gasteiger partial charge in [0, 0.05) is 6.20 Å². The minimum atomic E-state index is 0.726. The molecule has 0 saturated carbocycles. The van der Waals surface area contributed by atoms with Gasteiger partial charge in [-0.25, -0.2) is 0 Å². The fourth-order valence-electron chi connectivity index (χ4n) is 0.506. The molecule has 0 unspecified atom stereocenters. The van der Waals surface area contributed by atoms with Gasteiger partial charge in [0.15, 0.2) is 0 Å². The van der Waals surface area contributed by atoms with Gasteiger partial charge in [-0.05, 0) is 12.1 Å². The molecule has 2 nitrogen and oxygen atoms in total. The van der Waals surface area contributed by atoms with Crippen LogP contribution in [0.1, 0.15) is 5.69 Å². The first kappa shape index (κ1) is 6.16. The molecule has 0 saturated heterocycles. The summed E-state index contributed by atoms with van der Waals surface area (Å²) < 4.78 is 0.726. The summed E-state index contributed by atoms with van der Waals surface area (Å²) in [5, 5.41) is 6.51. The summed E-state index contributed by atoms with van der Waals surface area (Å²) in [6.45, 7) is 3.54. The summed E-state index contributed by atoms with van der Waals surface area (Å²) in [6.07, 6.45) is 3.31. The Morgan fingerprint density at radius 1 is 1.78 bits per heavy atom. The van der Waals surface area contributed by atoms with E-state index in [0.29, 0.717) is 0 Å². The van der Waals surface area contributed by atoms with Crippen LogP contribution >= 0.6 is 12.2 Å². The van der Waals surface area contributed by atoms with Gasteiger partial charge in [0.2, 0.25) is 0 Å². The first-order chi connectivity index (χ1) is 4.34. The van der Waals surface area contributed by atoms with Gasteiger partial charge in [0.25, 0.3) is 0 Å². The predicted molar refractivity (Wildman–Crippen MR) is 39.5 cm³/mol. The molecule has 9 heavy (non-hydrogen) atoms. The van der Waals surface area contributed by atoms with E-state index >= 15 is 0 Å². The number of H-pyrrole nitrogens is 1. The second-order valence-electron chi connectivity index (χ2n) is 1.53. The van der Waals surface area contributed by atoms with Crippen molar-refractivity contribution in [2.75, 3.05) is 0 Å². The number of aromatic nitrogens is 2. The van der Waals surface area contributed by atoms with E-state index in [2.05, 4.69) is 16.8 Å². The van der Waals surface area contributed by atoms with Crippen molar-refractivity contribution in [3.63, 3.8) is 0 Å². The van der Waals surface area contributed by atoms with E-state index in [0.717, 1.165) is 10.2 Å². The van der Waals surface area contributed by atoms with E-state index in [4.69, 9.17) is 12.2 Å². The average molecular weight is 138 g/mol. The van der Waals surface area contributed by atoms with Crippen LogP contribution < -0.4 is 0 Å². The predicted octanol–water partition coefficient (Wildman–Crippen LogP) is 1.78. The van der Waals surface area contributed by atoms with Gasteiger partial charge in [-0.15, -0.1) is 0 Å². The lowest BCUT2D eigenvalue weighted by Crippen LogP contribution is -1.83. The number of hydrogen-bond donors (Lipinski definition) is 1. The molecule has 0 bridgehead atoms. The monoisotopic (exact) mass is 138 g/mol. The minimum absolute atomic E-state index is 0.726. The molecule has 0 radical (unpaired) electrons. The maximum Gasteiger partial charge on any atom is 0.101 e. The van der Waals surface area contributed by atoms with E-state index in [9.17, 15) is 0 Å². The molecular weight excluding hydrogens is 132 g/mol. The highest BCUT2D eigenvalue weighted by molar-refractivity contribution is 7.71. The molecule has 0 fully saturated rings. The van der Waals surface area contributed by atoms with Crippen LogP contribution in [0.15, 0.2) is 18.8 Å². The topological polar surface area (TPSA) is 28.7 Å². The third kappa shape index (κ3) is 1.23. The van der Waals surface area contributed by atoms with Crippen LogP contribution in [0.3, 0.4) is 0 Å². The summed E-state index contributed by atoms with van der Waals surface area (Å²) in [5.74, 6) is 0. The molecule has 0 aromatic carbocycles. The standard InChI is InChI=1S/C6H6N2S/c1-2-5-6(9)3-4-7-8-5/h2-4H,1H2,(H,7,9). The molecular formula is C6H6N2S. The third-order valence-electron chi connectivity index (χ3n) is 0.940. The van der Waals surface area contributed by atoms with Crippen LogP contribution in [0.2, 0.25) is 0 Å². The van der Waals surface area contributed by atoms with Crippen LogP contribution in [-0.2, 0) is 0 Å². The van der Waals surface area contributed by atoms with Gasteiger partial charge < -0.3 is 0 Å². The summed E-state index contributed by atoms with van der Waals surface area (Å²) >= 11 is 4.90. The van der Waals surface area contributed by atoms with E-state index < -0.39 is 0 Å². The Labute approximate surface area is 58.2 Å². The molecule has 46 valence electrons. The highest BCUT2D eigenvalue weighted by Gasteiger charge is 1.85. The second-order valence-corrected chi connectivity index (χ2v) is 1.97. The maximum absolute atomic E-state index is 4.90. The molecule has 0 atom stereocenters. The largest absolute Gasteiger partial charge is 0.285 e. The van der Waals surface area contributed by atoms with Crippen molar-refractivity contribution < 1.29 is 0 Å². The first-order valence-corrected chi connectivity index (χ1v) is 2.92. The number of rotatable bonds is 1. The summed E-state index contributed by atoms with van der Waals surface area (Å²) in [5.41, 5.74) is 0.729. The number of aromatic amines is 1. The van der Waals surface area contributed by atoms with Crippen molar-refractivity contribution in [2.45, 2.75) is 0 Å². The van der Waals surface area contributed by atoms with Gasteiger partial charge >= 0.3 is 0 Å². The molecule has 0 amide bonds. The Bertz CT molecular complexity index is 264. The third-order valence-corrected chi connectivity index (χ3v) is 1.29. The Balaban J connectivity index is 3.32. The molecule has 1 aromatic rings. The lowest BCUT2D eigenvalue weighted by atomic mass is 10.4. The van der Waals surface area contributed by atoms with Gasteiger partial charge in [-0.3, -0.25) is 5.10 Å². The molecule has 1 aromatic heterocycles. The maximum atomic E-state index is 4.90. The highest BCUT2D eigenvalue weighted by atomic mass is 32.1. The quantitative estimate of drug-likeness (QED) is 0.599. The minimum Gasteiger partial charge on any atom is -0.285 e. The lowest BCUT2D eigenvalue weighted by Gasteiger charge is -1.87. The molecule has 0 aliphatic rings. The van der Waals surface area contributed by atoms with Crippen molar-refractivity contribution in [1.29, 1.82) is 0 Å². The Hall–Kier alpha value is -0.960. The molecule has 0 aliphatic carbocycles. The van der Waals surface area contributed by atoms with E-state index in [1.54, 1.807) is 18.3 Å². The Morgan fingerprint density at radius 3 is 3.00 bits per heavy atom. The molecule has 1 heterocycles. The van der Waals surface area contributed by atoms with Crippen molar-refractivity contribution in [2.24, 2.45) is 0 Å². The van der Waals surface area contributed by atoms with Crippen molar-refractivity contribution >= 4 is 18.3 Å². The van der Waals surface area contributed by atoms with Gasteiger partial charge in [0.05, 0.1) is 4.51 Å².